The quantitative estimate of drug-likeness (QED) is 0.782. The number of urea groups is 1. The molecule has 2 aromatic heterocycles. The van der Waals surface area contributed by atoms with Crippen molar-refractivity contribution in [2.24, 2.45) is 0 Å². The Balaban J connectivity index is 1.86. The van der Waals surface area contributed by atoms with Crippen LogP contribution < -0.4 is 10.6 Å². The molecule has 0 radical (unpaired) electrons. The van der Waals surface area contributed by atoms with Crippen LogP contribution in [-0.4, -0.2) is 33.6 Å². The number of amides is 2. The van der Waals surface area contributed by atoms with Gasteiger partial charge in [-0.05, 0) is 19.1 Å². The molecular weight excluding hydrogens is 292 g/mol. The molecule has 0 aromatic carbocycles. The smallest absolute Gasteiger partial charge is 0.356 e. The van der Waals surface area contributed by atoms with E-state index in [2.05, 4.69) is 20.6 Å². The fourth-order valence-electron chi connectivity index (χ4n) is 1.67. The number of aryl methyl sites for hydroxylation is 1. The van der Waals surface area contributed by atoms with E-state index in [9.17, 15) is 9.59 Å². The zero-order chi connectivity index (χ0) is 15.2. The molecule has 7 nitrogen and oxygen atoms in total. The highest BCUT2D eigenvalue weighted by Crippen LogP contribution is 2.11. The predicted octanol–water partition coefficient (Wildman–Crippen LogP) is 1.91. The number of aromatic carboxylic acids is 1. The second kappa shape index (κ2) is 6.80. The van der Waals surface area contributed by atoms with Gasteiger partial charge >= 0.3 is 12.0 Å². The standard InChI is InChI=1S/C13H14N4O3S/c1-8-16-9(7-21-8)4-6-15-13(20)17-10-3-2-5-14-11(10)12(18)19/h2-3,5,7H,4,6H2,1H3,(H,18,19)(H2,15,17,20). The van der Waals surface area contributed by atoms with Crippen LogP contribution >= 0.6 is 11.3 Å². The van der Waals surface area contributed by atoms with Gasteiger partial charge in [0.25, 0.3) is 0 Å². The highest BCUT2D eigenvalue weighted by atomic mass is 32.1. The number of aromatic nitrogens is 2. The number of thiazole rings is 1. The molecule has 0 aliphatic carbocycles. The molecule has 2 heterocycles. The summed E-state index contributed by atoms with van der Waals surface area (Å²) in [5.74, 6) is -1.19. The summed E-state index contributed by atoms with van der Waals surface area (Å²) in [4.78, 5) is 30.7. The van der Waals surface area contributed by atoms with Crippen molar-refractivity contribution in [1.82, 2.24) is 15.3 Å². The Bertz CT molecular complexity index is 656. The van der Waals surface area contributed by atoms with Crippen molar-refractivity contribution < 1.29 is 14.7 Å². The van der Waals surface area contributed by atoms with E-state index in [1.54, 1.807) is 17.4 Å². The molecule has 21 heavy (non-hydrogen) atoms. The van der Waals surface area contributed by atoms with Crippen LogP contribution in [0.4, 0.5) is 10.5 Å². The number of anilines is 1. The SMILES string of the molecule is Cc1nc(CCNC(=O)Nc2cccnc2C(=O)O)cs1. The Hall–Kier alpha value is -2.48. The molecule has 2 amide bonds. The van der Waals surface area contributed by atoms with Crippen molar-refractivity contribution in [2.75, 3.05) is 11.9 Å². The lowest BCUT2D eigenvalue weighted by Gasteiger charge is -2.08. The normalized spacial score (nSPS) is 10.1. The second-order valence-electron chi connectivity index (χ2n) is 4.19. The number of nitrogens with one attached hydrogen (secondary N) is 2. The van der Waals surface area contributed by atoms with E-state index in [1.165, 1.54) is 12.3 Å². The summed E-state index contributed by atoms with van der Waals surface area (Å²) in [6, 6.07) is 2.57. The zero-order valence-electron chi connectivity index (χ0n) is 11.3. The lowest BCUT2D eigenvalue weighted by Crippen LogP contribution is -2.31. The average Bonchev–Trinajstić information content (AvgIpc) is 2.85. The largest absolute Gasteiger partial charge is 0.476 e. The lowest BCUT2D eigenvalue weighted by molar-refractivity contribution is 0.0691. The minimum Gasteiger partial charge on any atom is -0.476 e. The van der Waals surface area contributed by atoms with Gasteiger partial charge in [-0.2, -0.15) is 0 Å². The first-order valence-corrected chi connectivity index (χ1v) is 7.08. The van der Waals surface area contributed by atoms with Gasteiger partial charge in [0, 0.05) is 24.5 Å². The maximum Gasteiger partial charge on any atom is 0.356 e. The molecule has 2 aromatic rings. The van der Waals surface area contributed by atoms with E-state index < -0.39 is 12.0 Å². The maximum absolute atomic E-state index is 11.7. The van der Waals surface area contributed by atoms with Crippen LogP contribution in [0.25, 0.3) is 0 Å². The number of pyridine rings is 1. The Morgan fingerprint density at radius 3 is 2.90 bits per heavy atom. The second-order valence-corrected chi connectivity index (χ2v) is 5.26. The number of hydrogen-bond acceptors (Lipinski definition) is 5. The van der Waals surface area contributed by atoms with Gasteiger partial charge in [0.15, 0.2) is 5.69 Å². The Morgan fingerprint density at radius 2 is 2.24 bits per heavy atom. The molecule has 0 saturated carbocycles. The molecule has 0 spiro atoms. The maximum atomic E-state index is 11.7. The molecule has 2 rings (SSSR count). The third kappa shape index (κ3) is 4.25. The first kappa shape index (κ1) is 14.9. The number of rotatable bonds is 5. The predicted molar refractivity (Wildman–Crippen MR) is 78.8 cm³/mol. The van der Waals surface area contributed by atoms with Crippen molar-refractivity contribution in [3.8, 4) is 0 Å². The number of carboxylic acids is 1. The molecule has 0 fully saturated rings. The monoisotopic (exact) mass is 306 g/mol. The van der Waals surface area contributed by atoms with E-state index >= 15 is 0 Å². The van der Waals surface area contributed by atoms with E-state index in [1.807, 2.05) is 12.3 Å². The molecular formula is C13H14N4O3S. The molecule has 0 saturated heterocycles. The summed E-state index contributed by atoms with van der Waals surface area (Å²) < 4.78 is 0. The first-order chi connectivity index (χ1) is 10.1. The van der Waals surface area contributed by atoms with Crippen LogP contribution in [0.5, 0.6) is 0 Å². The summed E-state index contributed by atoms with van der Waals surface area (Å²) in [6.07, 6.45) is 1.98. The summed E-state index contributed by atoms with van der Waals surface area (Å²) in [6.45, 7) is 2.34. The number of carbonyl (C=O) groups excluding carboxylic acids is 1. The Kier molecular flexibility index (Phi) is 4.83. The fraction of sp³-hybridized carbons (Fsp3) is 0.231. The van der Waals surface area contributed by atoms with Gasteiger partial charge < -0.3 is 15.7 Å². The van der Waals surface area contributed by atoms with Gasteiger partial charge in [-0.25, -0.2) is 19.6 Å². The van der Waals surface area contributed by atoms with Crippen molar-refractivity contribution in [3.63, 3.8) is 0 Å². The molecule has 0 aliphatic rings. The van der Waals surface area contributed by atoms with Crippen LogP contribution in [0, 0.1) is 6.92 Å². The summed E-state index contributed by atoms with van der Waals surface area (Å²) in [5, 5.41) is 17.0. The van der Waals surface area contributed by atoms with Crippen molar-refractivity contribution in [1.29, 1.82) is 0 Å². The first-order valence-electron chi connectivity index (χ1n) is 6.20. The van der Waals surface area contributed by atoms with Gasteiger partial charge in [-0.15, -0.1) is 11.3 Å². The van der Waals surface area contributed by atoms with Crippen LogP contribution in [0.15, 0.2) is 23.7 Å². The molecule has 0 atom stereocenters. The van der Waals surface area contributed by atoms with Gasteiger partial charge in [-0.3, -0.25) is 0 Å². The van der Waals surface area contributed by atoms with Crippen molar-refractivity contribution >= 4 is 29.0 Å². The third-order valence-electron chi connectivity index (χ3n) is 2.59. The summed E-state index contributed by atoms with van der Waals surface area (Å²) in [5.41, 5.74) is 0.889. The molecule has 0 bridgehead atoms. The number of carboxylic acid groups (broad SMARTS) is 1. The van der Waals surface area contributed by atoms with Gasteiger partial charge in [0.2, 0.25) is 0 Å². The fourth-order valence-corrected chi connectivity index (χ4v) is 2.32. The zero-order valence-corrected chi connectivity index (χ0v) is 12.1. The van der Waals surface area contributed by atoms with Crippen LogP contribution in [0.2, 0.25) is 0 Å². The highest BCUT2D eigenvalue weighted by Gasteiger charge is 2.13. The summed E-state index contributed by atoms with van der Waals surface area (Å²) in [7, 11) is 0. The molecule has 110 valence electrons. The topological polar surface area (TPSA) is 104 Å². The van der Waals surface area contributed by atoms with Gasteiger partial charge in [0.05, 0.1) is 16.4 Å². The molecule has 8 heteroatoms. The highest BCUT2D eigenvalue weighted by molar-refractivity contribution is 7.09. The van der Waals surface area contributed by atoms with Crippen LogP contribution in [0.1, 0.15) is 21.2 Å². The van der Waals surface area contributed by atoms with E-state index in [0.717, 1.165) is 10.7 Å². The van der Waals surface area contributed by atoms with Crippen LogP contribution in [0.3, 0.4) is 0 Å². The molecule has 0 unspecified atom stereocenters. The Morgan fingerprint density at radius 1 is 1.43 bits per heavy atom. The number of nitrogens with zero attached hydrogens (tertiary/aromatic N) is 2. The van der Waals surface area contributed by atoms with Gasteiger partial charge in [0.1, 0.15) is 0 Å². The molecule has 0 aliphatic heterocycles. The van der Waals surface area contributed by atoms with E-state index in [0.29, 0.717) is 13.0 Å². The van der Waals surface area contributed by atoms with E-state index in [4.69, 9.17) is 5.11 Å². The Labute approximate surface area is 125 Å². The van der Waals surface area contributed by atoms with Crippen molar-refractivity contribution in [2.45, 2.75) is 13.3 Å². The minimum atomic E-state index is -1.19. The van der Waals surface area contributed by atoms with Crippen LogP contribution in [-0.2, 0) is 6.42 Å². The summed E-state index contributed by atoms with van der Waals surface area (Å²) >= 11 is 1.56. The number of carbonyl (C=O) groups is 2. The average molecular weight is 306 g/mol. The van der Waals surface area contributed by atoms with Crippen molar-refractivity contribution in [3.05, 3.63) is 40.1 Å². The minimum absolute atomic E-state index is 0.159. The third-order valence-corrected chi connectivity index (χ3v) is 3.41. The lowest BCUT2D eigenvalue weighted by atomic mass is 10.3. The molecule has 3 N–H and O–H groups in total. The number of hydrogen-bond donors (Lipinski definition) is 3. The van der Waals surface area contributed by atoms with E-state index in [-0.39, 0.29) is 11.4 Å². The van der Waals surface area contributed by atoms with Gasteiger partial charge in [-0.1, -0.05) is 0 Å².